The first-order valence-electron chi connectivity index (χ1n) is 5.83. The van der Waals surface area contributed by atoms with Gasteiger partial charge in [0.25, 0.3) is 0 Å². The van der Waals surface area contributed by atoms with E-state index in [9.17, 15) is 10.1 Å². The molecule has 1 atom stereocenters. The molecular formula is C13H11N5O2. The van der Waals surface area contributed by atoms with Gasteiger partial charge in [0.1, 0.15) is 6.07 Å². The number of anilines is 1. The molecule has 0 saturated carbocycles. The van der Waals surface area contributed by atoms with Crippen LogP contribution in [0.15, 0.2) is 36.8 Å². The summed E-state index contributed by atoms with van der Waals surface area (Å²) in [5.74, 6) is 0.130. The van der Waals surface area contributed by atoms with Gasteiger partial charge in [-0.3, -0.25) is 15.1 Å². The molecule has 0 spiro atoms. The highest BCUT2D eigenvalue weighted by Gasteiger charge is 2.18. The Morgan fingerprint density at radius 3 is 2.90 bits per heavy atom. The number of rotatable bonds is 4. The third-order valence-corrected chi connectivity index (χ3v) is 2.73. The number of aromatic nitrogens is 2. The van der Waals surface area contributed by atoms with Crippen molar-refractivity contribution in [1.82, 2.24) is 9.97 Å². The van der Waals surface area contributed by atoms with Crippen molar-refractivity contribution < 1.29 is 4.92 Å². The first-order valence-corrected chi connectivity index (χ1v) is 5.83. The van der Waals surface area contributed by atoms with Crippen molar-refractivity contribution in [1.29, 1.82) is 5.26 Å². The lowest BCUT2D eigenvalue weighted by atomic mass is 10.1. The van der Waals surface area contributed by atoms with Crippen LogP contribution in [0.5, 0.6) is 0 Å². The van der Waals surface area contributed by atoms with Crippen LogP contribution in [0.25, 0.3) is 0 Å². The predicted octanol–water partition coefficient (Wildman–Crippen LogP) is 2.43. The zero-order valence-electron chi connectivity index (χ0n) is 10.6. The molecule has 0 aliphatic heterocycles. The third-order valence-electron chi connectivity index (χ3n) is 2.73. The molecule has 2 rings (SSSR count). The maximum atomic E-state index is 11.0. The van der Waals surface area contributed by atoms with E-state index in [-0.39, 0.29) is 23.1 Å². The second-order valence-corrected chi connectivity index (χ2v) is 4.11. The van der Waals surface area contributed by atoms with Crippen molar-refractivity contribution in [3.8, 4) is 6.07 Å². The van der Waals surface area contributed by atoms with Gasteiger partial charge >= 0.3 is 5.69 Å². The lowest BCUT2D eigenvalue weighted by molar-refractivity contribution is -0.384. The van der Waals surface area contributed by atoms with Crippen LogP contribution in [-0.2, 0) is 0 Å². The molecule has 0 bridgehead atoms. The fraction of sp³-hybridized carbons (Fsp3) is 0.154. The van der Waals surface area contributed by atoms with Crippen LogP contribution >= 0.6 is 0 Å². The Bertz CT molecular complexity index is 666. The highest BCUT2D eigenvalue weighted by molar-refractivity contribution is 5.59. The molecule has 0 radical (unpaired) electrons. The summed E-state index contributed by atoms with van der Waals surface area (Å²) in [6.45, 7) is 1.85. The van der Waals surface area contributed by atoms with E-state index in [1.54, 1.807) is 18.5 Å². The van der Waals surface area contributed by atoms with Gasteiger partial charge in [-0.2, -0.15) is 5.26 Å². The molecule has 2 aromatic rings. The monoisotopic (exact) mass is 269 g/mol. The minimum absolute atomic E-state index is 0.130. The summed E-state index contributed by atoms with van der Waals surface area (Å²) in [7, 11) is 0. The molecule has 2 aromatic heterocycles. The second-order valence-electron chi connectivity index (χ2n) is 4.11. The lowest BCUT2D eigenvalue weighted by Gasteiger charge is -2.14. The van der Waals surface area contributed by atoms with E-state index >= 15 is 0 Å². The smallest absolute Gasteiger partial charge is 0.312 e. The highest BCUT2D eigenvalue weighted by atomic mass is 16.6. The molecule has 100 valence electrons. The van der Waals surface area contributed by atoms with Gasteiger partial charge in [-0.25, -0.2) is 4.98 Å². The van der Waals surface area contributed by atoms with E-state index in [4.69, 9.17) is 5.26 Å². The van der Waals surface area contributed by atoms with Crippen LogP contribution in [0.1, 0.15) is 24.1 Å². The van der Waals surface area contributed by atoms with Gasteiger partial charge in [0.15, 0.2) is 0 Å². The molecule has 2 heterocycles. The number of nitrogens with one attached hydrogen (secondary N) is 1. The molecule has 20 heavy (non-hydrogen) atoms. The molecule has 7 nitrogen and oxygen atoms in total. The molecule has 0 aliphatic carbocycles. The average Bonchev–Trinajstić information content (AvgIpc) is 2.48. The van der Waals surface area contributed by atoms with Crippen LogP contribution in [0, 0.1) is 21.4 Å². The average molecular weight is 269 g/mol. The van der Waals surface area contributed by atoms with Crippen molar-refractivity contribution in [2.45, 2.75) is 13.0 Å². The van der Waals surface area contributed by atoms with Crippen molar-refractivity contribution in [3.63, 3.8) is 0 Å². The van der Waals surface area contributed by atoms with Crippen molar-refractivity contribution in [3.05, 3.63) is 58.0 Å². The number of nitrogens with zero attached hydrogens (tertiary/aromatic N) is 4. The van der Waals surface area contributed by atoms with Gasteiger partial charge in [0, 0.05) is 24.7 Å². The second kappa shape index (κ2) is 5.75. The van der Waals surface area contributed by atoms with Crippen molar-refractivity contribution in [2.24, 2.45) is 0 Å². The van der Waals surface area contributed by atoms with E-state index in [0.717, 1.165) is 5.56 Å². The minimum atomic E-state index is -0.563. The molecule has 0 aliphatic rings. The molecule has 0 fully saturated rings. The summed E-state index contributed by atoms with van der Waals surface area (Å²) in [4.78, 5) is 18.4. The Kier molecular flexibility index (Phi) is 3.86. The maximum absolute atomic E-state index is 11.0. The van der Waals surface area contributed by atoms with E-state index < -0.39 is 4.92 Å². The molecule has 0 amide bonds. The van der Waals surface area contributed by atoms with Crippen molar-refractivity contribution >= 4 is 11.5 Å². The van der Waals surface area contributed by atoms with E-state index in [0.29, 0.717) is 0 Å². The summed E-state index contributed by atoms with van der Waals surface area (Å²) in [5.41, 5.74) is 0.809. The molecule has 1 N–H and O–H groups in total. The van der Waals surface area contributed by atoms with Crippen LogP contribution in [0.2, 0.25) is 0 Å². The fourth-order valence-corrected chi connectivity index (χ4v) is 1.69. The van der Waals surface area contributed by atoms with Crippen LogP contribution in [0.3, 0.4) is 0 Å². The molecule has 1 unspecified atom stereocenters. The molecule has 0 aromatic carbocycles. The van der Waals surface area contributed by atoms with Gasteiger partial charge in [0.2, 0.25) is 5.82 Å². The van der Waals surface area contributed by atoms with Crippen LogP contribution in [-0.4, -0.2) is 14.9 Å². The minimum Gasteiger partial charge on any atom is -0.358 e. The number of nitro groups is 1. The van der Waals surface area contributed by atoms with Gasteiger partial charge in [-0.15, -0.1) is 0 Å². The van der Waals surface area contributed by atoms with E-state index in [1.807, 2.05) is 19.1 Å². The number of pyridine rings is 2. The number of nitriles is 1. The standard InChI is InChI=1S/C13H11N5O2/c1-9(11-3-2-4-15-8-11)17-13-12(18(19)20)5-10(6-14)7-16-13/h2-5,7-9H,1H3,(H,16,17). The first kappa shape index (κ1) is 13.4. The molecule has 0 saturated heterocycles. The number of hydrogen-bond acceptors (Lipinski definition) is 6. The van der Waals surface area contributed by atoms with Crippen LogP contribution in [0.4, 0.5) is 11.5 Å². The maximum Gasteiger partial charge on any atom is 0.312 e. The van der Waals surface area contributed by atoms with Gasteiger partial charge in [-0.05, 0) is 18.6 Å². The summed E-state index contributed by atoms with van der Waals surface area (Å²) in [5, 5.41) is 22.7. The molecular weight excluding hydrogens is 258 g/mol. The largest absolute Gasteiger partial charge is 0.358 e. The highest BCUT2D eigenvalue weighted by Crippen LogP contribution is 2.26. The summed E-state index contributed by atoms with van der Waals surface area (Å²) >= 11 is 0. The summed E-state index contributed by atoms with van der Waals surface area (Å²) in [6, 6.07) is 6.48. The fourth-order valence-electron chi connectivity index (χ4n) is 1.69. The Labute approximate surface area is 115 Å². The predicted molar refractivity (Wildman–Crippen MR) is 71.9 cm³/mol. The van der Waals surface area contributed by atoms with Gasteiger partial charge < -0.3 is 5.32 Å². The Hall–Kier alpha value is -3.01. The SMILES string of the molecule is CC(Nc1ncc(C#N)cc1[N+](=O)[O-])c1cccnc1. The van der Waals surface area contributed by atoms with Gasteiger partial charge in [0.05, 0.1) is 16.5 Å². The zero-order chi connectivity index (χ0) is 14.5. The van der Waals surface area contributed by atoms with Crippen molar-refractivity contribution in [2.75, 3.05) is 5.32 Å². The Balaban J connectivity index is 2.30. The first-order chi connectivity index (χ1) is 9.61. The normalized spacial score (nSPS) is 11.4. The Morgan fingerprint density at radius 1 is 1.50 bits per heavy atom. The topological polar surface area (TPSA) is 105 Å². The summed E-state index contributed by atoms with van der Waals surface area (Å²) in [6.07, 6.45) is 4.62. The van der Waals surface area contributed by atoms with Crippen LogP contribution < -0.4 is 5.32 Å². The summed E-state index contributed by atoms with van der Waals surface area (Å²) < 4.78 is 0. The Morgan fingerprint density at radius 2 is 2.30 bits per heavy atom. The third kappa shape index (κ3) is 2.87. The quantitative estimate of drug-likeness (QED) is 0.675. The van der Waals surface area contributed by atoms with E-state index in [2.05, 4.69) is 15.3 Å². The zero-order valence-corrected chi connectivity index (χ0v) is 10.6. The lowest BCUT2D eigenvalue weighted by Crippen LogP contribution is -2.10. The molecule has 7 heteroatoms. The van der Waals surface area contributed by atoms with E-state index in [1.165, 1.54) is 12.3 Å². The van der Waals surface area contributed by atoms with Gasteiger partial charge in [-0.1, -0.05) is 6.07 Å². The number of hydrogen-bond donors (Lipinski definition) is 1.